The number of carbonyl (C=O) groups is 1. The predicted octanol–water partition coefficient (Wildman–Crippen LogP) is 12.4. The van der Waals surface area contributed by atoms with Gasteiger partial charge in [-0.25, -0.2) is 4.79 Å². The Morgan fingerprint density at radius 3 is 1.41 bits per heavy atom. The molecule has 5 fully saturated rings. The minimum Gasteiger partial charge on any atom is -1.00 e. The number of hydrogen-bond acceptors (Lipinski definition) is 11. The van der Waals surface area contributed by atoms with Gasteiger partial charge in [-0.3, -0.25) is 19.9 Å². The van der Waals surface area contributed by atoms with Crippen LogP contribution in [0.5, 0.6) is 0 Å². The SMILES string of the molecule is C.C1CCOC1.C[C@H](c1ncc(Br)cc1CCl)C1CCOCC1.C[C@H](c1ncc(Br)cc1CO)C1CCOCC1.ClCCl.Clc1cnc2c(c1)CC[C@H]2C1CCOCC1.O=C(O)c1cnc2c(c1)CC[C@H]2C1CCOCC1.[H-].[Na+]. The Bertz CT molecular complexity index is 2280. The van der Waals surface area contributed by atoms with E-state index in [1.807, 2.05) is 18.5 Å². The van der Waals surface area contributed by atoms with Gasteiger partial charge >= 0.3 is 35.5 Å². The number of halogens is 6. The van der Waals surface area contributed by atoms with Gasteiger partial charge < -0.3 is 35.3 Å². The number of pyridine rings is 4. The normalized spacial score (nSPS) is 20.9. The van der Waals surface area contributed by atoms with Crippen LogP contribution in [0.25, 0.3) is 0 Å². The molecule has 5 saturated heterocycles. The minimum atomic E-state index is -0.889. The summed E-state index contributed by atoms with van der Waals surface area (Å²) in [6.07, 6.45) is 23.0. The summed E-state index contributed by atoms with van der Waals surface area (Å²) in [7, 11) is 0. The Labute approximate surface area is 525 Å². The number of nitrogens with zero attached hydrogens (tertiary/aromatic N) is 4. The molecule has 19 heteroatoms. The van der Waals surface area contributed by atoms with Gasteiger partial charge in [0.1, 0.15) is 0 Å². The number of alkyl halides is 3. The zero-order chi connectivity index (χ0) is 54.2. The van der Waals surface area contributed by atoms with Crippen LogP contribution in [0.3, 0.4) is 0 Å². The molecule has 4 aromatic rings. The molecule has 430 valence electrons. The first-order valence-electron chi connectivity index (χ1n) is 27.3. The molecule has 4 aromatic heterocycles. The average molecular weight is 1300 g/mol. The van der Waals surface area contributed by atoms with E-state index >= 15 is 0 Å². The summed E-state index contributed by atoms with van der Waals surface area (Å²) in [5, 5.41) is 19.3. The Morgan fingerprint density at radius 2 is 1.00 bits per heavy atom. The molecule has 0 amide bonds. The molecule has 0 spiro atoms. The first-order valence-corrected chi connectivity index (χ1v) is 30.8. The molecule has 12 nitrogen and oxygen atoms in total. The summed E-state index contributed by atoms with van der Waals surface area (Å²) in [6.45, 7) is 13.5. The van der Waals surface area contributed by atoms with Crippen LogP contribution < -0.4 is 29.6 Å². The van der Waals surface area contributed by atoms with E-state index in [-0.39, 0.29) is 50.4 Å². The molecule has 4 atom stereocenters. The van der Waals surface area contributed by atoms with Crippen molar-refractivity contribution >= 4 is 84.2 Å². The van der Waals surface area contributed by atoms with Gasteiger partial charge in [-0.15, -0.1) is 34.8 Å². The summed E-state index contributed by atoms with van der Waals surface area (Å²) >= 11 is 28.3. The third-order valence-electron chi connectivity index (χ3n) is 15.9. The second-order valence-electron chi connectivity index (χ2n) is 20.5. The van der Waals surface area contributed by atoms with E-state index in [0.29, 0.717) is 52.9 Å². The number of carboxylic acid groups (broad SMARTS) is 1. The Balaban J connectivity index is 0.000000261. The average Bonchev–Trinajstić information content (AvgIpc) is 4.31. The number of aromatic carboxylic acids is 1. The van der Waals surface area contributed by atoms with Gasteiger partial charge in [-0.1, -0.05) is 32.9 Å². The van der Waals surface area contributed by atoms with E-state index in [4.69, 9.17) is 75.2 Å². The van der Waals surface area contributed by atoms with E-state index in [0.717, 1.165) is 178 Å². The Morgan fingerprint density at radius 1 is 0.603 bits per heavy atom. The van der Waals surface area contributed by atoms with Crippen LogP contribution in [-0.2, 0) is 49.0 Å². The van der Waals surface area contributed by atoms with Gasteiger partial charge in [0.2, 0.25) is 0 Å². The molecule has 78 heavy (non-hydrogen) atoms. The second kappa shape index (κ2) is 38.0. The number of aromatic nitrogens is 4. The first-order chi connectivity index (χ1) is 37.0. The smallest absolute Gasteiger partial charge is 1.00 e. The molecule has 0 radical (unpaired) electrons. The summed E-state index contributed by atoms with van der Waals surface area (Å²) in [5.41, 5.74) is 9.48. The fourth-order valence-corrected chi connectivity index (χ4v) is 12.8. The molecular formula is C59H83Br2Cl4N4NaO8. The van der Waals surface area contributed by atoms with Crippen LogP contribution in [-0.4, -0.2) is 108 Å². The standard InChI is InChI=1S/C14H17NO3.C13H17BrClNO.C13H18BrNO2.C13H16ClNO.C4H8O.CH2Cl2.CH4.Na.H/c16-14(17)11-7-10-1-2-12(13(10)15-8-11)9-3-5-18-6-4-9;1-9(10-2-4-17-5-3-10)13-11(7-15)6-12(14)8-16-13;1-9(10-2-4-17-5-3-10)13-11(8-16)6-12(14)7-15-13;14-11-7-10-1-2-12(13(10)15-8-11)9-3-5-16-6-4-9;1-2-4-5-3-1;2-1-3;;;/h7-9,12H,1-6H2,(H,16,17);6,8-10H,2-5,7H2,1H3;6-7,9-10,16H,2-5,8H2,1H3;7-9,12H,1-6H2;1-4H2;1H2;1H4;;/q;;;;;;;+1;-1/t12-;2*9-;12-;;;;;/m0000...../s1. The summed E-state index contributed by atoms with van der Waals surface area (Å²) in [6, 6.07) is 7.91. The van der Waals surface area contributed by atoms with Crippen LogP contribution in [0.4, 0.5) is 0 Å². The second-order valence-corrected chi connectivity index (χ2v) is 23.9. The van der Waals surface area contributed by atoms with Crippen LogP contribution in [0.2, 0.25) is 5.02 Å². The Hall–Kier alpha value is -1.05. The number of aryl methyl sites for hydroxylation is 2. The van der Waals surface area contributed by atoms with E-state index < -0.39 is 5.97 Å². The number of fused-ring (bicyclic) bond motifs is 2. The van der Waals surface area contributed by atoms with E-state index in [1.165, 1.54) is 49.6 Å². The van der Waals surface area contributed by atoms with Crippen molar-refractivity contribution in [2.75, 3.05) is 71.4 Å². The van der Waals surface area contributed by atoms with Crippen molar-refractivity contribution in [3.05, 3.63) is 114 Å². The molecule has 11 rings (SSSR count). The molecule has 9 heterocycles. The number of rotatable bonds is 9. The van der Waals surface area contributed by atoms with Crippen molar-refractivity contribution in [2.45, 2.75) is 147 Å². The molecule has 2 aliphatic carbocycles. The monoisotopic (exact) mass is 1300 g/mol. The van der Waals surface area contributed by atoms with E-state index in [2.05, 4.69) is 77.8 Å². The van der Waals surface area contributed by atoms with Gasteiger partial charge in [0.15, 0.2) is 0 Å². The van der Waals surface area contributed by atoms with Crippen LogP contribution in [0.1, 0.15) is 179 Å². The largest absolute Gasteiger partial charge is 1.00 e. The molecule has 0 aromatic carbocycles. The third kappa shape index (κ3) is 21.5. The molecule has 7 aliphatic rings. The van der Waals surface area contributed by atoms with Crippen molar-refractivity contribution in [3.8, 4) is 0 Å². The maximum Gasteiger partial charge on any atom is 1.00 e. The van der Waals surface area contributed by atoms with Crippen molar-refractivity contribution in [3.63, 3.8) is 0 Å². The van der Waals surface area contributed by atoms with Gasteiger partial charge in [-0.2, -0.15) is 0 Å². The maximum atomic E-state index is 10.9. The van der Waals surface area contributed by atoms with E-state index in [9.17, 15) is 9.90 Å². The molecular weight excluding hydrogens is 1220 g/mol. The molecule has 0 bridgehead atoms. The number of aliphatic hydroxyl groups is 1. The van der Waals surface area contributed by atoms with Gasteiger partial charge in [-0.05, 0) is 186 Å². The first kappa shape index (κ1) is 69.4. The van der Waals surface area contributed by atoms with Gasteiger partial charge in [0.25, 0.3) is 0 Å². The van der Waals surface area contributed by atoms with Crippen molar-refractivity contribution < 1.29 is 69.7 Å². The summed E-state index contributed by atoms with van der Waals surface area (Å²) in [5.74, 6) is 4.33. The summed E-state index contributed by atoms with van der Waals surface area (Å²) < 4.78 is 28.5. The van der Waals surface area contributed by atoms with Gasteiger partial charge in [0, 0.05) is 158 Å². The van der Waals surface area contributed by atoms with Crippen LogP contribution >= 0.6 is 78.3 Å². The molecule has 2 N–H and O–H groups in total. The van der Waals surface area contributed by atoms with E-state index in [1.54, 1.807) is 12.3 Å². The molecule has 0 saturated carbocycles. The van der Waals surface area contributed by atoms with Crippen molar-refractivity contribution in [1.82, 2.24) is 19.9 Å². The van der Waals surface area contributed by atoms with Crippen LogP contribution in [0.15, 0.2) is 58.0 Å². The number of aliphatic hydroxyl groups excluding tert-OH is 1. The zero-order valence-corrected chi connectivity index (χ0v) is 53.4. The predicted molar refractivity (Wildman–Crippen MR) is 317 cm³/mol. The quantitative estimate of drug-likeness (QED) is 0.121. The molecule has 5 aliphatic heterocycles. The molecule has 0 unspecified atom stereocenters. The summed E-state index contributed by atoms with van der Waals surface area (Å²) in [4.78, 5) is 28.9. The number of ether oxygens (including phenoxy) is 5. The Kier molecular flexibility index (Phi) is 33.8. The topological polar surface area (TPSA) is 155 Å². The number of carboxylic acids is 1. The third-order valence-corrected chi connectivity index (χ3v) is 17.3. The minimum absolute atomic E-state index is 0. The van der Waals surface area contributed by atoms with Crippen molar-refractivity contribution in [2.24, 2.45) is 23.7 Å². The fraction of sp³-hybridized carbons (Fsp3) is 0.644. The van der Waals surface area contributed by atoms with Gasteiger partial charge in [0.05, 0.1) is 22.5 Å². The number of hydrogen-bond donors (Lipinski definition) is 2. The van der Waals surface area contributed by atoms with Crippen molar-refractivity contribution in [1.29, 1.82) is 0 Å². The fourth-order valence-electron chi connectivity index (χ4n) is 11.7. The zero-order valence-electron chi connectivity index (χ0n) is 46.2. The maximum absolute atomic E-state index is 10.9. The van der Waals surface area contributed by atoms with Crippen LogP contribution in [0, 0.1) is 23.7 Å².